The number of fused-ring (bicyclic) bond motifs is 1. The van der Waals surface area contributed by atoms with Crippen molar-refractivity contribution in [2.24, 2.45) is 7.05 Å². The molecular weight excluding hydrogens is 232 g/mol. The van der Waals surface area contributed by atoms with Crippen molar-refractivity contribution in [3.8, 4) is 11.6 Å². The Kier molecular flexibility index (Phi) is 2.16. The number of oxazole rings is 1. The monoisotopic (exact) mass is 242 g/mol. The van der Waals surface area contributed by atoms with Gasteiger partial charge in [0.1, 0.15) is 11.2 Å². The first-order valence-electron chi connectivity index (χ1n) is 5.34. The standard InChI is InChI=1S/C12H10N4O2/c1-16-11(17)5-3-8(15-16)12-14-9-6-7(13)2-4-10(9)18-12/h2-6H,13H2,1H3. The maximum absolute atomic E-state index is 11.3. The fourth-order valence-electron chi connectivity index (χ4n) is 1.67. The first kappa shape index (κ1) is 10.5. The Bertz CT molecular complexity index is 788. The molecule has 0 aliphatic carbocycles. The molecule has 0 saturated carbocycles. The van der Waals surface area contributed by atoms with Crippen LogP contribution in [0.25, 0.3) is 22.7 Å². The van der Waals surface area contributed by atoms with Crippen LogP contribution in [0.2, 0.25) is 0 Å². The number of nitrogen functional groups attached to an aromatic ring is 1. The Morgan fingerprint density at radius 1 is 1.28 bits per heavy atom. The Labute approximate surface area is 102 Å². The molecule has 0 saturated heterocycles. The van der Waals surface area contributed by atoms with Crippen molar-refractivity contribution in [1.29, 1.82) is 0 Å². The van der Waals surface area contributed by atoms with E-state index in [1.165, 1.54) is 10.7 Å². The van der Waals surface area contributed by atoms with Crippen molar-refractivity contribution in [3.05, 3.63) is 40.7 Å². The van der Waals surface area contributed by atoms with E-state index in [1.54, 1.807) is 31.3 Å². The van der Waals surface area contributed by atoms with Crippen LogP contribution in [0.15, 0.2) is 39.5 Å². The predicted octanol–water partition coefficient (Wildman–Crippen LogP) is 1.17. The van der Waals surface area contributed by atoms with E-state index in [9.17, 15) is 4.79 Å². The molecule has 90 valence electrons. The van der Waals surface area contributed by atoms with Gasteiger partial charge in [-0.05, 0) is 24.3 Å². The molecule has 0 atom stereocenters. The number of anilines is 1. The number of benzene rings is 1. The normalized spacial score (nSPS) is 10.9. The number of aromatic nitrogens is 3. The quantitative estimate of drug-likeness (QED) is 0.647. The van der Waals surface area contributed by atoms with Gasteiger partial charge in [-0.3, -0.25) is 4.79 Å². The minimum Gasteiger partial charge on any atom is -0.435 e. The molecule has 0 aliphatic rings. The van der Waals surface area contributed by atoms with Crippen LogP contribution in [0, 0.1) is 0 Å². The van der Waals surface area contributed by atoms with Gasteiger partial charge in [0.2, 0.25) is 5.89 Å². The van der Waals surface area contributed by atoms with Gasteiger partial charge in [0.15, 0.2) is 5.58 Å². The topological polar surface area (TPSA) is 86.9 Å². The van der Waals surface area contributed by atoms with Gasteiger partial charge in [0, 0.05) is 18.8 Å². The van der Waals surface area contributed by atoms with E-state index in [1.807, 2.05) is 0 Å². The zero-order valence-corrected chi connectivity index (χ0v) is 9.62. The van der Waals surface area contributed by atoms with E-state index in [0.717, 1.165) is 0 Å². The molecule has 18 heavy (non-hydrogen) atoms. The van der Waals surface area contributed by atoms with Gasteiger partial charge >= 0.3 is 0 Å². The van der Waals surface area contributed by atoms with Crippen LogP contribution in [-0.4, -0.2) is 14.8 Å². The summed E-state index contributed by atoms with van der Waals surface area (Å²) in [5, 5.41) is 4.08. The van der Waals surface area contributed by atoms with E-state index in [0.29, 0.717) is 28.4 Å². The Morgan fingerprint density at radius 2 is 2.11 bits per heavy atom. The number of nitrogens with zero attached hydrogens (tertiary/aromatic N) is 3. The lowest BCUT2D eigenvalue weighted by atomic mass is 10.3. The minimum atomic E-state index is -0.181. The molecule has 6 nitrogen and oxygen atoms in total. The lowest BCUT2D eigenvalue weighted by molar-refractivity contribution is 0.606. The fraction of sp³-hybridized carbons (Fsp3) is 0.0833. The first-order chi connectivity index (χ1) is 8.63. The summed E-state index contributed by atoms with van der Waals surface area (Å²) in [7, 11) is 1.58. The molecular formula is C12H10N4O2. The minimum absolute atomic E-state index is 0.181. The third-order valence-electron chi connectivity index (χ3n) is 2.59. The van der Waals surface area contributed by atoms with Crippen LogP contribution in [0.1, 0.15) is 0 Å². The van der Waals surface area contributed by atoms with Crippen molar-refractivity contribution in [3.63, 3.8) is 0 Å². The molecule has 0 fully saturated rings. The van der Waals surface area contributed by atoms with Gasteiger partial charge < -0.3 is 10.2 Å². The third-order valence-corrected chi connectivity index (χ3v) is 2.59. The molecule has 0 radical (unpaired) electrons. The van der Waals surface area contributed by atoms with Crippen molar-refractivity contribution in [2.75, 3.05) is 5.73 Å². The highest BCUT2D eigenvalue weighted by Gasteiger charge is 2.10. The van der Waals surface area contributed by atoms with Crippen molar-refractivity contribution < 1.29 is 4.42 Å². The summed E-state index contributed by atoms with van der Waals surface area (Å²) in [5.74, 6) is 0.367. The molecule has 2 heterocycles. The number of nitrogens with two attached hydrogens (primary N) is 1. The van der Waals surface area contributed by atoms with Crippen molar-refractivity contribution >= 4 is 16.8 Å². The van der Waals surface area contributed by atoms with Gasteiger partial charge in [0.05, 0.1) is 0 Å². The second-order valence-corrected chi connectivity index (χ2v) is 3.93. The summed E-state index contributed by atoms with van der Waals surface area (Å²) in [6.07, 6.45) is 0. The van der Waals surface area contributed by atoms with Crippen LogP contribution in [0.5, 0.6) is 0 Å². The van der Waals surface area contributed by atoms with Gasteiger partial charge in [0.25, 0.3) is 5.56 Å². The highest BCUT2D eigenvalue weighted by molar-refractivity contribution is 5.78. The Balaban J connectivity index is 2.19. The summed E-state index contributed by atoms with van der Waals surface area (Å²) in [4.78, 5) is 15.5. The lowest BCUT2D eigenvalue weighted by Gasteiger charge is -1.96. The van der Waals surface area contributed by atoms with Crippen LogP contribution in [-0.2, 0) is 7.05 Å². The van der Waals surface area contributed by atoms with Crippen LogP contribution >= 0.6 is 0 Å². The highest BCUT2D eigenvalue weighted by Crippen LogP contribution is 2.23. The first-order valence-corrected chi connectivity index (χ1v) is 5.34. The molecule has 0 spiro atoms. The molecule has 0 amide bonds. The molecule has 6 heteroatoms. The summed E-state index contributed by atoms with van der Waals surface area (Å²) < 4.78 is 6.79. The maximum atomic E-state index is 11.3. The molecule has 3 rings (SSSR count). The van der Waals surface area contributed by atoms with Gasteiger partial charge in [-0.25, -0.2) is 9.67 Å². The van der Waals surface area contributed by atoms with E-state index in [4.69, 9.17) is 10.2 Å². The molecule has 0 unspecified atom stereocenters. The maximum Gasteiger partial charge on any atom is 0.266 e. The summed E-state index contributed by atoms with van der Waals surface area (Å²) in [6, 6.07) is 8.22. The van der Waals surface area contributed by atoms with E-state index in [2.05, 4.69) is 10.1 Å². The number of rotatable bonds is 1. The van der Waals surface area contributed by atoms with Crippen molar-refractivity contribution in [2.45, 2.75) is 0 Å². The molecule has 1 aromatic carbocycles. The molecule has 3 aromatic rings. The van der Waals surface area contributed by atoms with E-state index < -0.39 is 0 Å². The summed E-state index contributed by atoms with van der Waals surface area (Å²) in [6.45, 7) is 0. The van der Waals surface area contributed by atoms with Crippen LogP contribution < -0.4 is 11.3 Å². The average Bonchev–Trinajstić information content (AvgIpc) is 2.75. The fourth-order valence-corrected chi connectivity index (χ4v) is 1.67. The van der Waals surface area contributed by atoms with Crippen LogP contribution in [0.4, 0.5) is 5.69 Å². The number of hydrogen-bond acceptors (Lipinski definition) is 5. The van der Waals surface area contributed by atoms with E-state index >= 15 is 0 Å². The third kappa shape index (κ3) is 1.64. The molecule has 2 N–H and O–H groups in total. The van der Waals surface area contributed by atoms with E-state index in [-0.39, 0.29) is 5.56 Å². The van der Waals surface area contributed by atoms with Crippen LogP contribution in [0.3, 0.4) is 0 Å². The number of hydrogen-bond donors (Lipinski definition) is 1. The SMILES string of the molecule is Cn1nc(-c2nc3cc(N)ccc3o2)ccc1=O. The summed E-state index contributed by atoms with van der Waals surface area (Å²) >= 11 is 0. The zero-order chi connectivity index (χ0) is 12.7. The second-order valence-electron chi connectivity index (χ2n) is 3.93. The second kappa shape index (κ2) is 3.69. The molecule has 2 aromatic heterocycles. The number of aryl methyl sites for hydroxylation is 1. The average molecular weight is 242 g/mol. The molecule has 0 aliphatic heterocycles. The Hall–Kier alpha value is -2.63. The molecule has 0 bridgehead atoms. The Morgan fingerprint density at radius 3 is 2.89 bits per heavy atom. The lowest BCUT2D eigenvalue weighted by Crippen LogP contribution is -2.18. The highest BCUT2D eigenvalue weighted by atomic mass is 16.3. The summed E-state index contributed by atoms with van der Waals surface area (Å²) in [5.41, 5.74) is 7.92. The van der Waals surface area contributed by atoms with Gasteiger partial charge in [-0.1, -0.05) is 0 Å². The van der Waals surface area contributed by atoms with Gasteiger partial charge in [-0.2, -0.15) is 5.10 Å². The van der Waals surface area contributed by atoms with Crippen molar-refractivity contribution in [1.82, 2.24) is 14.8 Å². The largest absolute Gasteiger partial charge is 0.435 e. The zero-order valence-electron chi connectivity index (χ0n) is 9.62. The smallest absolute Gasteiger partial charge is 0.266 e. The van der Waals surface area contributed by atoms with Gasteiger partial charge in [-0.15, -0.1) is 0 Å². The predicted molar refractivity (Wildman–Crippen MR) is 66.9 cm³/mol.